The lowest BCUT2D eigenvalue weighted by molar-refractivity contribution is 0.427. The van der Waals surface area contributed by atoms with Gasteiger partial charge in [0, 0.05) is 48.8 Å². The van der Waals surface area contributed by atoms with Crippen LogP contribution in [-0.2, 0) is 0 Å². The highest BCUT2D eigenvalue weighted by Crippen LogP contribution is 2.24. The van der Waals surface area contributed by atoms with Crippen LogP contribution in [-0.4, -0.2) is 38.8 Å². The minimum atomic E-state index is 0. The second-order valence-corrected chi connectivity index (χ2v) is 6.75. The van der Waals surface area contributed by atoms with Crippen molar-refractivity contribution in [2.24, 2.45) is 11.8 Å². The van der Waals surface area contributed by atoms with Gasteiger partial charge in [-0.15, -0.1) is 12.4 Å². The molecule has 1 aromatic rings. The molecule has 0 bridgehead atoms. The maximum Gasteiger partial charge on any atom is 0.0407 e. The molecular weight excluding hydrogens is 319 g/mol. The Labute approximate surface area is 144 Å². The first-order chi connectivity index (χ1) is 10.2. The van der Waals surface area contributed by atoms with Crippen LogP contribution in [0.1, 0.15) is 13.3 Å². The Kier molecular flexibility index (Phi) is 6.78. The van der Waals surface area contributed by atoms with Crippen LogP contribution in [0.3, 0.4) is 0 Å². The second-order valence-electron chi connectivity index (χ2n) is 6.31. The topological polar surface area (TPSA) is 39.3 Å². The van der Waals surface area contributed by atoms with Crippen molar-refractivity contribution in [3.05, 3.63) is 29.3 Å². The largest absolute Gasteiger partial charge is 0.371 e. The summed E-state index contributed by atoms with van der Waals surface area (Å²) in [6.45, 7) is 7.81. The lowest BCUT2D eigenvalue weighted by Gasteiger charge is -2.20. The van der Waals surface area contributed by atoms with Gasteiger partial charge in [-0.1, -0.05) is 11.6 Å². The van der Waals surface area contributed by atoms with Crippen LogP contribution in [0, 0.1) is 11.8 Å². The molecule has 0 amide bonds. The van der Waals surface area contributed by atoms with E-state index in [0.29, 0.717) is 12.0 Å². The minimum absolute atomic E-state index is 0. The van der Waals surface area contributed by atoms with Crippen molar-refractivity contribution in [1.82, 2.24) is 16.2 Å². The fraction of sp³-hybridized carbons (Fsp3) is 0.625. The number of benzene rings is 1. The third-order valence-electron chi connectivity index (χ3n) is 4.72. The summed E-state index contributed by atoms with van der Waals surface area (Å²) >= 11 is 5.95. The number of hydrazine groups is 1. The molecule has 124 valence electrons. The highest BCUT2D eigenvalue weighted by Gasteiger charge is 2.25. The third kappa shape index (κ3) is 4.49. The predicted octanol–water partition coefficient (Wildman–Crippen LogP) is 2.29. The summed E-state index contributed by atoms with van der Waals surface area (Å²) in [7, 11) is 0. The molecule has 2 fully saturated rings. The van der Waals surface area contributed by atoms with Gasteiger partial charge in [0.1, 0.15) is 0 Å². The van der Waals surface area contributed by atoms with Crippen molar-refractivity contribution >= 4 is 29.7 Å². The van der Waals surface area contributed by atoms with Crippen molar-refractivity contribution in [3.63, 3.8) is 0 Å². The fourth-order valence-electron chi connectivity index (χ4n) is 3.25. The van der Waals surface area contributed by atoms with Crippen LogP contribution in [0.25, 0.3) is 0 Å². The average Bonchev–Trinajstić information content (AvgIpc) is 3.10. The van der Waals surface area contributed by atoms with E-state index < -0.39 is 0 Å². The van der Waals surface area contributed by atoms with Gasteiger partial charge in [0.15, 0.2) is 0 Å². The molecule has 4 nitrogen and oxygen atoms in total. The molecule has 3 N–H and O–H groups in total. The Morgan fingerprint density at radius 3 is 2.73 bits per heavy atom. The molecule has 0 saturated carbocycles. The average molecular weight is 345 g/mol. The van der Waals surface area contributed by atoms with Crippen LogP contribution >= 0.6 is 24.0 Å². The summed E-state index contributed by atoms with van der Waals surface area (Å²) < 4.78 is 0. The number of nitrogens with zero attached hydrogens (tertiary/aromatic N) is 1. The summed E-state index contributed by atoms with van der Waals surface area (Å²) in [5.74, 6) is 1.44. The normalized spacial score (nSPS) is 27.9. The maximum atomic E-state index is 5.95. The van der Waals surface area contributed by atoms with Crippen LogP contribution in [0.5, 0.6) is 0 Å². The van der Waals surface area contributed by atoms with E-state index in [1.54, 1.807) is 0 Å². The first-order valence-electron chi connectivity index (χ1n) is 7.92. The third-order valence-corrected chi connectivity index (χ3v) is 4.97. The van der Waals surface area contributed by atoms with Crippen molar-refractivity contribution in [2.45, 2.75) is 19.4 Å². The van der Waals surface area contributed by atoms with Gasteiger partial charge < -0.3 is 10.2 Å². The molecule has 2 aliphatic rings. The number of hydrogen-bond donors (Lipinski definition) is 3. The van der Waals surface area contributed by atoms with Crippen LogP contribution < -0.4 is 21.1 Å². The highest BCUT2D eigenvalue weighted by atomic mass is 35.5. The highest BCUT2D eigenvalue weighted by molar-refractivity contribution is 6.30. The number of anilines is 1. The predicted molar refractivity (Wildman–Crippen MR) is 96.0 cm³/mol. The number of hydrogen-bond acceptors (Lipinski definition) is 4. The van der Waals surface area contributed by atoms with Gasteiger partial charge in [0.25, 0.3) is 0 Å². The van der Waals surface area contributed by atoms with Crippen LogP contribution in [0.4, 0.5) is 5.69 Å². The maximum absolute atomic E-state index is 5.95. The molecule has 1 aromatic carbocycles. The van der Waals surface area contributed by atoms with Gasteiger partial charge in [0.05, 0.1) is 0 Å². The quantitative estimate of drug-likeness (QED) is 0.766. The van der Waals surface area contributed by atoms with Gasteiger partial charge in [-0.3, -0.25) is 10.9 Å². The summed E-state index contributed by atoms with van der Waals surface area (Å²) in [5.41, 5.74) is 7.79. The molecule has 0 aliphatic carbocycles. The van der Waals surface area contributed by atoms with Crippen molar-refractivity contribution in [2.75, 3.05) is 37.6 Å². The standard InChI is InChI=1S/C16H25ClN4.ClH/c1-12-14(10-19-20-12)9-18-8-13-6-7-21(11-13)16-4-2-15(17)3-5-16;/h2-5,12-14,18-20H,6-11H2,1H3;1H. The second kappa shape index (κ2) is 8.37. The van der Waals surface area contributed by atoms with E-state index in [-0.39, 0.29) is 12.4 Å². The number of nitrogens with one attached hydrogen (secondary N) is 3. The molecule has 0 spiro atoms. The Balaban J connectivity index is 0.00000176. The van der Waals surface area contributed by atoms with E-state index in [0.717, 1.165) is 43.7 Å². The minimum Gasteiger partial charge on any atom is -0.371 e. The molecule has 3 unspecified atom stereocenters. The Hall–Kier alpha value is -0.520. The van der Waals surface area contributed by atoms with E-state index in [2.05, 4.69) is 40.1 Å². The molecular formula is C16H26Cl2N4. The van der Waals surface area contributed by atoms with E-state index in [9.17, 15) is 0 Å². The van der Waals surface area contributed by atoms with E-state index >= 15 is 0 Å². The summed E-state index contributed by atoms with van der Waals surface area (Å²) in [5, 5.41) is 4.46. The Morgan fingerprint density at radius 1 is 1.27 bits per heavy atom. The molecule has 3 atom stereocenters. The summed E-state index contributed by atoms with van der Waals surface area (Å²) in [6.07, 6.45) is 1.27. The molecule has 2 heterocycles. The first-order valence-corrected chi connectivity index (χ1v) is 8.30. The molecule has 0 radical (unpaired) electrons. The molecule has 6 heteroatoms. The van der Waals surface area contributed by atoms with Crippen molar-refractivity contribution in [1.29, 1.82) is 0 Å². The van der Waals surface area contributed by atoms with Gasteiger partial charge in [-0.25, -0.2) is 0 Å². The lowest BCUT2D eigenvalue weighted by atomic mass is 10.0. The summed E-state index contributed by atoms with van der Waals surface area (Å²) in [4.78, 5) is 2.46. The lowest BCUT2D eigenvalue weighted by Crippen LogP contribution is -2.35. The van der Waals surface area contributed by atoms with Crippen molar-refractivity contribution in [3.8, 4) is 0 Å². The zero-order valence-electron chi connectivity index (χ0n) is 13.0. The molecule has 22 heavy (non-hydrogen) atoms. The van der Waals surface area contributed by atoms with Crippen LogP contribution in [0.15, 0.2) is 24.3 Å². The van der Waals surface area contributed by atoms with Gasteiger partial charge in [-0.05, 0) is 50.1 Å². The Bertz CT molecular complexity index is 454. The molecule has 0 aromatic heterocycles. The number of halogens is 2. The fourth-order valence-corrected chi connectivity index (χ4v) is 3.38. The van der Waals surface area contributed by atoms with Gasteiger partial charge >= 0.3 is 0 Å². The number of rotatable bonds is 5. The van der Waals surface area contributed by atoms with Gasteiger partial charge in [-0.2, -0.15) is 0 Å². The van der Waals surface area contributed by atoms with E-state index in [4.69, 9.17) is 11.6 Å². The van der Waals surface area contributed by atoms with Crippen LogP contribution in [0.2, 0.25) is 5.02 Å². The monoisotopic (exact) mass is 344 g/mol. The Morgan fingerprint density at radius 2 is 2.05 bits per heavy atom. The summed E-state index contributed by atoms with van der Waals surface area (Å²) in [6, 6.07) is 8.76. The van der Waals surface area contributed by atoms with E-state index in [1.807, 2.05) is 12.1 Å². The van der Waals surface area contributed by atoms with E-state index in [1.165, 1.54) is 12.1 Å². The zero-order valence-corrected chi connectivity index (χ0v) is 14.6. The van der Waals surface area contributed by atoms with Gasteiger partial charge in [0.2, 0.25) is 0 Å². The molecule has 2 saturated heterocycles. The first kappa shape index (κ1) is 17.8. The SMILES string of the molecule is CC1NNCC1CNCC1CCN(c2ccc(Cl)cc2)C1.Cl. The molecule has 2 aliphatic heterocycles. The smallest absolute Gasteiger partial charge is 0.0407 e. The molecule has 3 rings (SSSR count). The zero-order chi connectivity index (χ0) is 14.7. The van der Waals surface area contributed by atoms with Crippen molar-refractivity contribution < 1.29 is 0 Å².